The van der Waals surface area contributed by atoms with Gasteiger partial charge in [-0.3, -0.25) is 14.4 Å². The maximum absolute atomic E-state index is 12.8. The van der Waals surface area contributed by atoms with E-state index in [1.807, 2.05) is 31.2 Å². The summed E-state index contributed by atoms with van der Waals surface area (Å²) in [6, 6.07) is 13.2. The second-order valence-electron chi connectivity index (χ2n) is 7.66. The number of aryl methyl sites for hydroxylation is 1. The molecule has 2 aliphatic heterocycles. The summed E-state index contributed by atoms with van der Waals surface area (Å²) < 4.78 is 5.77. The monoisotopic (exact) mass is 420 g/mol. The number of hydrazone groups is 1. The molecular formula is C23H24N4O4. The first-order valence-corrected chi connectivity index (χ1v) is 10.2. The van der Waals surface area contributed by atoms with Crippen LogP contribution in [0.25, 0.3) is 0 Å². The Kier molecular flexibility index (Phi) is 5.97. The third kappa shape index (κ3) is 4.91. The fraction of sp³-hybridized carbons (Fsp3) is 0.304. The molecular weight excluding hydrogens is 396 g/mol. The molecule has 0 unspecified atom stereocenters. The lowest BCUT2D eigenvalue weighted by Crippen LogP contribution is -2.40. The van der Waals surface area contributed by atoms with Gasteiger partial charge in [0.1, 0.15) is 18.1 Å². The predicted octanol–water partition coefficient (Wildman–Crippen LogP) is 1.91. The second kappa shape index (κ2) is 8.99. The van der Waals surface area contributed by atoms with Gasteiger partial charge in [-0.1, -0.05) is 29.8 Å². The van der Waals surface area contributed by atoms with Crippen molar-refractivity contribution in [2.45, 2.75) is 32.9 Å². The van der Waals surface area contributed by atoms with Gasteiger partial charge in [-0.25, -0.2) is 5.43 Å². The van der Waals surface area contributed by atoms with Crippen LogP contribution in [-0.2, 0) is 22.7 Å². The van der Waals surface area contributed by atoms with Gasteiger partial charge in [0.2, 0.25) is 5.91 Å². The Bertz CT molecular complexity index is 1050. The molecule has 0 bridgehead atoms. The molecule has 0 aliphatic carbocycles. The third-order valence-corrected chi connectivity index (χ3v) is 5.31. The van der Waals surface area contributed by atoms with Crippen LogP contribution in [-0.4, -0.2) is 41.5 Å². The van der Waals surface area contributed by atoms with Gasteiger partial charge in [0, 0.05) is 37.1 Å². The molecule has 0 atom stereocenters. The number of ether oxygens (including phenoxy) is 1. The number of amides is 3. The number of hydrogen-bond donors (Lipinski definition) is 2. The van der Waals surface area contributed by atoms with Gasteiger partial charge < -0.3 is 15.0 Å². The molecule has 0 saturated heterocycles. The Labute approximate surface area is 180 Å². The summed E-state index contributed by atoms with van der Waals surface area (Å²) in [7, 11) is 0. The SMILES string of the molecule is Cc1ccc(CNC(=O)c2ccc3c(c2)CN(C(=O)C2=NNC(=O)CC2)CCO3)cc1. The smallest absolute Gasteiger partial charge is 0.270 e. The molecule has 31 heavy (non-hydrogen) atoms. The van der Waals surface area contributed by atoms with Crippen LogP contribution >= 0.6 is 0 Å². The van der Waals surface area contributed by atoms with Gasteiger partial charge in [-0.05, 0) is 30.7 Å². The Morgan fingerprint density at radius 3 is 2.71 bits per heavy atom. The van der Waals surface area contributed by atoms with Gasteiger partial charge in [0.05, 0.1) is 6.54 Å². The van der Waals surface area contributed by atoms with Gasteiger partial charge in [0.25, 0.3) is 11.8 Å². The molecule has 4 rings (SSSR count). The van der Waals surface area contributed by atoms with Crippen molar-refractivity contribution in [2.75, 3.05) is 13.2 Å². The molecule has 3 amide bonds. The standard InChI is InChI=1S/C23H24N4O4/c1-15-2-4-16(5-3-15)13-24-22(29)17-6-8-20-18(12-17)14-27(10-11-31-20)23(30)19-7-9-21(28)26-25-19/h2-6,8,12H,7,9-11,13-14H2,1H3,(H,24,29)(H,26,28). The molecule has 0 radical (unpaired) electrons. The average molecular weight is 420 g/mol. The number of rotatable bonds is 4. The first-order chi connectivity index (χ1) is 15.0. The van der Waals surface area contributed by atoms with E-state index in [0.29, 0.717) is 49.7 Å². The summed E-state index contributed by atoms with van der Waals surface area (Å²) in [6.07, 6.45) is 0.563. The van der Waals surface area contributed by atoms with Crippen LogP contribution in [0.1, 0.15) is 39.9 Å². The van der Waals surface area contributed by atoms with Crippen LogP contribution in [0, 0.1) is 6.92 Å². The lowest BCUT2D eigenvalue weighted by Gasteiger charge is -2.22. The summed E-state index contributed by atoms with van der Waals surface area (Å²) >= 11 is 0. The second-order valence-corrected chi connectivity index (χ2v) is 7.66. The fourth-order valence-corrected chi connectivity index (χ4v) is 3.51. The highest BCUT2D eigenvalue weighted by Crippen LogP contribution is 2.25. The molecule has 2 N–H and O–H groups in total. The van der Waals surface area contributed by atoms with Crippen LogP contribution in [0.15, 0.2) is 47.6 Å². The topological polar surface area (TPSA) is 100 Å². The molecule has 8 heteroatoms. The number of carbonyl (C=O) groups is 3. The van der Waals surface area contributed by atoms with E-state index >= 15 is 0 Å². The Hall–Kier alpha value is -3.68. The number of hydrogen-bond acceptors (Lipinski definition) is 5. The van der Waals surface area contributed by atoms with Crippen LogP contribution in [0.5, 0.6) is 5.75 Å². The van der Waals surface area contributed by atoms with Gasteiger partial charge in [0.15, 0.2) is 0 Å². The van der Waals surface area contributed by atoms with Gasteiger partial charge in [-0.15, -0.1) is 0 Å². The Morgan fingerprint density at radius 1 is 1.16 bits per heavy atom. The van der Waals surface area contributed by atoms with Crippen LogP contribution in [0.4, 0.5) is 0 Å². The van der Waals surface area contributed by atoms with Gasteiger partial charge in [-0.2, -0.15) is 5.10 Å². The van der Waals surface area contributed by atoms with Crippen LogP contribution < -0.4 is 15.5 Å². The number of carbonyl (C=O) groups excluding carboxylic acids is 3. The first kappa shape index (κ1) is 20.6. The van der Waals surface area contributed by atoms with Crippen molar-refractivity contribution in [3.05, 3.63) is 64.7 Å². The van der Waals surface area contributed by atoms with E-state index < -0.39 is 0 Å². The summed E-state index contributed by atoms with van der Waals surface area (Å²) in [5.74, 6) is 0.0437. The maximum atomic E-state index is 12.8. The number of fused-ring (bicyclic) bond motifs is 1. The summed E-state index contributed by atoms with van der Waals surface area (Å²) in [5, 5.41) is 6.82. The zero-order chi connectivity index (χ0) is 21.8. The van der Waals surface area contributed by atoms with E-state index in [4.69, 9.17) is 4.74 Å². The van der Waals surface area contributed by atoms with Crippen molar-refractivity contribution < 1.29 is 19.1 Å². The quantitative estimate of drug-likeness (QED) is 0.789. The molecule has 0 saturated carbocycles. The largest absolute Gasteiger partial charge is 0.491 e. The number of benzene rings is 2. The lowest BCUT2D eigenvalue weighted by molar-refractivity contribution is -0.125. The summed E-state index contributed by atoms with van der Waals surface area (Å²) in [4.78, 5) is 38.4. The van der Waals surface area contributed by atoms with E-state index in [0.717, 1.165) is 11.1 Å². The normalized spacial score (nSPS) is 15.7. The van der Waals surface area contributed by atoms with Crippen LogP contribution in [0.2, 0.25) is 0 Å². The lowest BCUT2D eigenvalue weighted by atomic mass is 10.1. The van der Waals surface area contributed by atoms with Crippen molar-refractivity contribution in [3.8, 4) is 5.75 Å². The Morgan fingerprint density at radius 2 is 1.97 bits per heavy atom. The van der Waals surface area contributed by atoms with E-state index in [9.17, 15) is 14.4 Å². The highest BCUT2D eigenvalue weighted by Gasteiger charge is 2.26. The van der Waals surface area contributed by atoms with E-state index in [2.05, 4.69) is 15.8 Å². The molecule has 0 fully saturated rings. The molecule has 8 nitrogen and oxygen atoms in total. The van der Waals surface area contributed by atoms with Crippen molar-refractivity contribution in [1.29, 1.82) is 0 Å². The van der Waals surface area contributed by atoms with Gasteiger partial charge >= 0.3 is 0 Å². The van der Waals surface area contributed by atoms with Crippen molar-refractivity contribution in [1.82, 2.24) is 15.6 Å². The van der Waals surface area contributed by atoms with E-state index in [-0.39, 0.29) is 24.1 Å². The van der Waals surface area contributed by atoms with Crippen molar-refractivity contribution in [3.63, 3.8) is 0 Å². The zero-order valence-corrected chi connectivity index (χ0v) is 17.3. The van der Waals surface area contributed by atoms with Crippen molar-refractivity contribution >= 4 is 23.4 Å². The Balaban J connectivity index is 1.45. The van der Waals surface area contributed by atoms with Crippen LogP contribution in [0.3, 0.4) is 0 Å². The molecule has 2 aromatic carbocycles. The highest BCUT2D eigenvalue weighted by molar-refractivity contribution is 6.39. The minimum atomic E-state index is -0.231. The first-order valence-electron chi connectivity index (χ1n) is 10.2. The molecule has 2 aromatic rings. The molecule has 160 valence electrons. The molecule has 2 aliphatic rings. The predicted molar refractivity (Wildman–Crippen MR) is 115 cm³/mol. The van der Waals surface area contributed by atoms with E-state index in [1.165, 1.54) is 5.56 Å². The highest BCUT2D eigenvalue weighted by atomic mass is 16.5. The third-order valence-electron chi connectivity index (χ3n) is 5.31. The number of nitrogens with zero attached hydrogens (tertiary/aromatic N) is 2. The summed E-state index contributed by atoms with van der Waals surface area (Å²) in [5.41, 5.74) is 6.14. The van der Waals surface area contributed by atoms with E-state index in [1.54, 1.807) is 23.1 Å². The minimum absolute atomic E-state index is 0.190. The van der Waals surface area contributed by atoms with Crippen molar-refractivity contribution in [2.24, 2.45) is 5.10 Å². The minimum Gasteiger partial charge on any atom is -0.491 e. The number of nitrogens with one attached hydrogen (secondary N) is 2. The molecule has 0 aromatic heterocycles. The zero-order valence-electron chi connectivity index (χ0n) is 17.3. The summed E-state index contributed by atoms with van der Waals surface area (Å²) in [6.45, 7) is 3.50. The average Bonchev–Trinajstić information content (AvgIpc) is 3.00. The maximum Gasteiger partial charge on any atom is 0.270 e. The molecule has 2 heterocycles. The molecule has 0 spiro atoms. The fourth-order valence-electron chi connectivity index (χ4n) is 3.51.